The normalized spacial score (nSPS) is 11.3. The Morgan fingerprint density at radius 3 is 2.62 bits per heavy atom. The Bertz CT molecular complexity index is 757. The van der Waals surface area contributed by atoms with Crippen molar-refractivity contribution in [2.45, 2.75) is 13.8 Å². The highest BCUT2D eigenvalue weighted by molar-refractivity contribution is 7.24. The number of nitrogens with zero attached hydrogens (tertiary/aromatic N) is 3. The highest BCUT2D eigenvalue weighted by atomic mass is 32.1. The minimum atomic E-state index is 0.692. The lowest BCUT2D eigenvalue weighted by atomic mass is 10.4. The van der Waals surface area contributed by atoms with Crippen LogP contribution in [-0.4, -0.2) is 11.6 Å². The third-order valence-electron chi connectivity index (χ3n) is 2.55. The first-order chi connectivity index (χ1) is 10.2. The molecule has 0 amide bonds. The van der Waals surface area contributed by atoms with E-state index in [1.165, 1.54) is 21.1 Å². The Balaban J connectivity index is 1.74. The fourth-order valence-electron chi connectivity index (χ4n) is 1.67. The lowest BCUT2D eigenvalue weighted by Crippen LogP contribution is -1.86. The van der Waals surface area contributed by atoms with Gasteiger partial charge in [0.25, 0.3) is 0 Å². The molecule has 0 saturated heterocycles. The molecule has 0 N–H and O–H groups in total. The summed E-state index contributed by atoms with van der Waals surface area (Å²) >= 11 is 4.80. The van der Waals surface area contributed by atoms with Gasteiger partial charge in [-0.05, 0) is 38.1 Å². The zero-order valence-corrected chi connectivity index (χ0v) is 14.0. The molecule has 0 aliphatic heterocycles. The van der Waals surface area contributed by atoms with Gasteiger partial charge in [-0.1, -0.05) is 22.7 Å². The molecule has 3 heterocycles. The molecule has 0 spiro atoms. The minimum absolute atomic E-state index is 0.692. The molecule has 0 fully saturated rings. The molecule has 0 saturated carbocycles. The largest absolute Gasteiger partial charge is 0.484 e. The van der Waals surface area contributed by atoms with Crippen LogP contribution < -0.4 is 4.74 Å². The summed E-state index contributed by atoms with van der Waals surface area (Å²) in [6.45, 7) is 4.69. The first kappa shape index (κ1) is 14.4. The van der Waals surface area contributed by atoms with E-state index in [1.54, 1.807) is 28.9 Å². The number of rotatable bonds is 5. The van der Waals surface area contributed by atoms with E-state index < -0.39 is 0 Å². The van der Waals surface area contributed by atoms with Crippen LogP contribution in [0.3, 0.4) is 0 Å². The van der Waals surface area contributed by atoms with Crippen LogP contribution >= 0.6 is 34.0 Å². The molecule has 108 valence electrons. The summed E-state index contributed by atoms with van der Waals surface area (Å²) in [5.41, 5.74) is 0. The molecule has 0 bridgehead atoms. The van der Waals surface area contributed by atoms with Gasteiger partial charge in [-0.2, -0.15) is 0 Å². The van der Waals surface area contributed by atoms with E-state index >= 15 is 0 Å². The number of aromatic nitrogens is 1. The molecule has 3 rings (SSSR count). The van der Waals surface area contributed by atoms with Gasteiger partial charge in [0, 0.05) is 20.8 Å². The van der Waals surface area contributed by atoms with E-state index in [2.05, 4.69) is 27.3 Å². The van der Waals surface area contributed by atoms with Gasteiger partial charge in [-0.3, -0.25) is 0 Å². The molecule has 0 aliphatic rings. The van der Waals surface area contributed by atoms with Crippen molar-refractivity contribution in [2.24, 2.45) is 10.2 Å². The number of aryl methyl sites for hydroxylation is 1. The van der Waals surface area contributed by atoms with Crippen molar-refractivity contribution in [2.75, 3.05) is 6.61 Å². The molecular formula is C14H13N3OS3. The average molecular weight is 335 g/mol. The minimum Gasteiger partial charge on any atom is -0.484 e. The molecule has 0 aromatic carbocycles. The molecule has 0 unspecified atom stereocenters. The SMILES string of the molecule is CCOc1ccc(-c2ccc(/N=N/c3ncc(C)s3)s2)s1. The van der Waals surface area contributed by atoms with E-state index in [-0.39, 0.29) is 0 Å². The summed E-state index contributed by atoms with van der Waals surface area (Å²) in [7, 11) is 0. The first-order valence-electron chi connectivity index (χ1n) is 6.41. The van der Waals surface area contributed by atoms with Crippen molar-refractivity contribution in [1.82, 2.24) is 4.98 Å². The summed E-state index contributed by atoms with van der Waals surface area (Å²) < 4.78 is 5.50. The zero-order chi connectivity index (χ0) is 14.7. The van der Waals surface area contributed by atoms with Gasteiger partial charge < -0.3 is 4.74 Å². The Morgan fingerprint density at radius 1 is 1.05 bits per heavy atom. The smallest absolute Gasteiger partial charge is 0.230 e. The third-order valence-corrected chi connectivity index (χ3v) is 5.51. The molecule has 3 aromatic rings. The van der Waals surface area contributed by atoms with Gasteiger partial charge in [0.05, 0.1) is 6.61 Å². The van der Waals surface area contributed by atoms with Crippen molar-refractivity contribution in [3.05, 3.63) is 35.3 Å². The van der Waals surface area contributed by atoms with Crippen LogP contribution in [0.15, 0.2) is 40.7 Å². The number of hydrogen-bond donors (Lipinski definition) is 0. The summed E-state index contributed by atoms with van der Waals surface area (Å²) in [6, 6.07) is 8.12. The van der Waals surface area contributed by atoms with Gasteiger partial charge in [0.2, 0.25) is 5.13 Å². The van der Waals surface area contributed by atoms with Crippen molar-refractivity contribution >= 4 is 44.1 Å². The number of azo groups is 1. The number of hydrogen-bond acceptors (Lipinski definition) is 7. The van der Waals surface area contributed by atoms with Crippen LogP contribution in [-0.2, 0) is 0 Å². The third kappa shape index (κ3) is 3.55. The van der Waals surface area contributed by atoms with E-state index in [1.807, 2.05) is 26.0 Å². The Kier molecular flexibility index (Phi) is 4.42. The van der Waals surface area contributed by atoms with E-state index in [4.69, 9.17) is 4.74 Å². The zero-order valence-electron chi connectivity index (χ0n) is 11.6. The molecule has 21 heavy (non-hydrogen) atoms. The number of thiophene rings is 2. The van der Waals surface area contributed by atoms with Gasteiger partial charge in [-0.25, -0.2) is 4.98 Å². The highest BCUT2D eigenvalue weighted by Crippen LogP contribution is 2.39. The second-order valence-electron chi connectivity index (χ2n) is 4.14. The predicted molar refractivity (Wildman–Crippen MR) is 89.8 cm³/mol. The van der Waals surface area contributed by atoms with E-state index in [0.29, 0.717) is 11.7 Å². The molecule has 3 aromatic heterocycles. The monoisotopic (exact) mass is 335 g/mol. The molecule has 0 radical (unpaired) electrons. The van der Waals surface area contributed by atoms with Crippen LogP contribution in [0, 0.1) is 6.92 Å². The van der Waals surface area contributed by atoms with Crippen molar-refractivity contribution in [1.29, 1.82) is 0 Å². The number of thiazole rings is 1. The van der Waals surface area contributed by atoms with E-state index in [0.717, 1.165) is 14.9 Å². The van der Waals surface area contributed by atoms with Crippen molar-refractivity contribution in [3.8, 4) is 14.8 Å². The van der Waals surface area contributed by atoms with Crippen LogP contribution in [0.2, 0.25) is 0 Å². The molecular weight excluding hydrogens is 322 g/mol. The summed E-state index contributed by atoms with van der Waals surface area (Å²) in [5, 5.41) is 10.9. The highest BCUT2D eigenvalue weighted by Gasteiger charge is 2.07. The maximum Gasteiger partial charge on any atom is 0.230 e. The summed E-state index contributed by atoms with van der Waals surface area (Å²) in [5.74, 6) is 0. The second kappa shape index (κ2) is 6.46. The maximum atomic E-state index is 5.50. The van der Waals surface area contributed by atoms with Crippen molar-refractivity contribution < 1.29 is 4.74 Å². The van der Waals surface area contributed by atoms with Crippen LogP contribution in [0.5, 0.6) is 5.06 Å². The Morgan fingerprint density at radius 2 is 1.86 bits per heavy atom. The number of ether oxygens (including phenoxy) is 1. The van der Waals surface area contributed by atoms with Gasteiger partial charge in [-0.15, -0.1) is 21.6 Å². The lowest BCUT2D eigenvalue weighted by Gasteiger charge is -1.95. The molecule has 4 nitrogen and oxygen atoms in total. The summed E-state index contributed by atoms with van der Waals surface area (Å²) in [6.07, 6.45) is 1.81. The fraction of sp³-hybridized carbons (Fsp3) is 0.214. The van der Waals surface area contributed by atoms with Crippen LogP contribution in [0.4, 0.5) is 10.1 Å². The Hall–Kier alpha value is -1.57. The topological polar surface area (TPSA) is 46.8 Å². The van der Waals surface area contributed by atoms with Crippen LogP contribution in [0.1, 0.15) is 11.8 Å². The standard InChI is InChI=1S/C14H13N3OS3/c1-3-18-13-7-5-11(21-13)10-4-6-12(20-10)16-17-14-15-8-9(2)19-14/h4-8H,3H2,1-2H3/b17-16+. The fourth-order valence-corrected chi connectivity index (χ4v) is 4.08. The van der Waals surface area contributed by atoms with Gasteiger partial charge in [0.1, 0.15) is 5.00 Å². The Labute approximate surface area is 134 Å². The van der Waals surface area contributed by atoms with E-state index in [9.17, 15) is 0 Å². The van der Waals surface area contributed by atoms with Gasteiger partial charge >= 0.3 is 0 Å². The van der Waals surface area contributed by atoms with Crippen molar-refractivity contribution in [3.63, 3.8) is 0 Å². The average Bonchev–Trinajstić information content (AvgIpc) is 3.17. The molecule has 0 atom stereocenters. The quantitative estimate of drug-likeness (QED) is 0.532. The molecule has 7 heteroatoms. The first-order valence-corrected chi connectivity index (χ1v) is 8.86. The van der Waals surface area contributed by atoms with Gasteiger partial charge in [0.15, 0.2) is 5.06 Å². The predicted octanol–water partition coefficient (Wildman–Crippen LogP) is 6.06. The second-order valence-corrected chi connectivity index (χ2v) is 7.46. The van der Waals surface area contributed by atoms with Crippen LogP contribution in [0.25, 0.3) is 9.75 Å². The molecule has 0 aliphatic carbocycles. The summed E-state index contributed by atoms with van der Waals surface area (Å²) in [4.78, 5) is 7.67. The maximum absolute atomic E-state index is 5.50. The lowest BCUT2D eigenvalue weighted by molar-refractivity contribution is 0.350.